The molecule has 1 aromatic heterocycles. The zero-order valence-corrected chi connectivity index (χ0v) is 18.6. The van der Waals surface area contributed by atoms with E-state index in [1.807, 2.05) is 42.5 Å². The predicted octanol–water partition coefficient (Wildman–Crippen LogP) is 5.21. The van der Waals surface area contributed by atoms with Crippen LogP contribution in [0, 0.1) is 0 Å². The van der Waals surface area contributed by atoms with E-state index in [-0.39, 0.29) is 30.4 Å². The summed E-state index contributed by atoms with van der Waals surface area (Å²) in [5.74, 6) is 0.0147. The number of carbonyl (C=O) groups is 3. The lowest BCUT2D eigenvalue weighted by molar-refractivity contribution is -0.123. The monoisotopic (exact) mass is 455 g/mol. The van der Waals surface area contributed by atoms with Crippen LogP contribution in [0.1, 0.15) is 43.9 Å². The summed E-state index contributed by atoms with van der Waals surface area (Å²) in [5, 5.41) is 6.23. The largest absolute Gasteiger partial charge is 0.467 e. The highest BCUT2D eigenvalue weighted by molar-refractivity contribution is 6.06. The standard InChI is InChI=1S/C27H25N3O4/c31-22-13-6-11-20-26(22)27(23-14-7-17-34-23)30(21-12-5-4-10-19(21)29-20)25(33)16-15-24(32)28-18-8-2-1-3-9-18/h1-5,7-10,12,14,17,27,29H,6,11,13,15-16H2,(H,28,32)/t27-/m0/s1. The number of anilines is 3. The van der Waals surface area contributed by atoms with Crippen LogP contribution in [0.4, 0.5) is 17.1 Å². The molecular formula is C27H25N3O4. The van der Waals surface area contributed by atoms with Crippen LogP contribution in [0.25, 0.3) is 0 Å². The van der Waals surface area contributed by atoms with Crippen LogP contribution in [0.5, 0.6) is 0 Å². The molecule has 0 fully saturated rings. The summed E-state index contributed by atoms with van der Waals surface area (Å²) in [4.78, 5) is 41.0. The van der Waals surface area contributed by atoms with E-state index < -0.39 is 6.04 Å². The van der Waals surface area contributed by atoms with Crippen molar-refractivity contribution in [3.8, 4) is 0 Å². The molecule has 34 heavy (non-hydrogen) atoms. The van der Waals surface area contributed by atoms with Crippen LogP contribution < -0.4 is 15.5 Å². The van der Waals surface area contributed by atoms with E-state index in [0.717, 1.165) is 17.8 Å². The number of nitrogens with one attached hydrogen (secondary N) is 2. The van der Waals surface area contributed by atoms with E-state index in [0.29, 0.717) is 35.5 Å². The Morgan fingerprint density at radius 3 is 2.56 bits per heavy atom. The van der Waals surface area contributed by atoms with Gasteiger partial charge < -0.3 is 15.1 Å². The highest BCUT2D eigenvalue weighted by Crippen LogP contribution is 2.45. The van der Waals surface area contributed by atoms with Gasteiger partial charge in [0.05, 0.1) is 17.6 Å². The topological polar surface area (TPSA) is 91.7 Å². The van der Waals surface area contributed by atoms with Gasteiger partial charge in [-0.3, -0.25) is 19.3 Å². The maximum absolute atomic E-state index is 13.7. The van der Waals surface area contributed by atoms with Gasteiger partial charge >= 0.3 is 0 Å². The van der Waals surface area contributed by atoms with Crippen molar-refractivity contribution < 1.29 is 18.8 Å². The van der Waals surface area contributed by atoms with Crippen LogP contribution in [-0.2, 0) is 14.4 Å². The predicted molar refractivity (Wildman–Crippen MR) is 129 cm³/mol. The average molecular weight is 456 g/mol. The molecule has 0 saturated heterocycles. The molecule has 2 amide bonds. The van der Waals surface area contributed by atoms with E-state index in [1.54, 1.807) is 35.4 Å². The molecule has 2 heterocycles. The Morgan fingerprint density at radius 1 is 0.971 bits per heavy atom. The molecule has 7 nitrogen and oxygen atoms in total. The highest BCUT2D eigenvalue weighted by atomic mass is 16.3. The van der Waals surface area contributed by atoms with Gasteiger partial charge in [0, 0.05) is 36.2 Å². The summed E-state index contributed by atoms with van der Waals surface area (Å²) in [7, 11) is 0. The minimum atomic E-state index is -0.696. The Balaban J connectivity index is 1.49. The zero-order valence-electron chi connectivity index (χ0n) is 18.6. The minimum absolute atomic E-state index is 0.00239. The Morgan fingerprint density at radius 2 is 1.76 bits per heavy atom. The van der Waals surface area contributed by atoms with Crippen molar-refractivity contribution in [2.24, 2.45) is 0 Å². The molecule has 2 aliphatic rings. The lowest BCUT2D eigenvalue weighted by Gasteiger charge is -2.32. The van der Waals surface area contributed by atoms with Crippen LogP contribution >= 0.6 is 0 Å². The summed E-state index contributed by atoms with van der Waals surface area (Å²) >= 11 is 0. The third-order valence-electron chi connectivity index (χ3n) is 6.14. The van der Waals surface area contributed by atoms with Gasteiger partial charge in [-0.05, 0) is 49.2 Å². The van der Waals surface area contributed by atoms with Crippen molar-refractivity contribution in [2.45, 2.75) is 38.1 Å². The number of allylic oxidation sites excluding steroid dienone is 1. The fraction of sp³-hybridized carbons (Fsp3) is 0.222. The van der Waals surface area contributed by atoms with Crippen LogP contribution in [0.2, 0.25) is 0 Å². The second-order valence-corrected chi connectivity index (χ2v) is 8.41. The van der Waals surface area contributed by atoms with Crippen molar-refractivity contribution in [2.75, 3.05) is 15.5 Å². The molecule has 1 aliphatic carbocycles. The van der Waals surface area contributed by atoms with Crippen molar-refractivity contribution in [1.29, 1.82) is 0 Å². The molecule has 5 rings (SSSR count). The first kappa shape index (κ1) is 21.7. The average Bonchev–Trinajstić information content (AvgIpc) is 3.33. The Hall–Kier alpha value is -4.13. The molecule has 0 bridgehead atoms. The van der Waals surface area contributed by atoms with Crippen LogP contribution in [0.15, 0.2) is 88.7 Å². The van der Waals surface area contributed by atoms with Crippen molar-refractivity contribution in [3.05, 3.63) is 90.0 Å². The number of benzene rings is 2. The number of amides is 2. The van der Waals surface area contributed by atoms with Gasteiger partial charge in [0.1, 0.15) is 11.8 Å². The first-order chi connectivity index (χ1) is 16.6. The fourth-order valence-corrected chi connectivity index (χ4v) is 4.61. The maximum atomic E-state index is 13.7. The maximum Gasteiger partial charge on any atom is 0.228 e. The van der Waals surface area contributed by atoms with E-state index in [9.17, 15) is 14.4 Å². The molecule has 1 atom stereocenters. The molecule has 0 radical (unpaired) electrons. The zero-order chi connectivity index (χ0) is 23.5. The number of para-hydroxylation sites is 3. The van der Waals surface area contributed by atoms with Gasteiger partial charge in [-0.25, -0.2) is 0 Å². The summed E-state index contributed by atoms with van der Waals surface area (Å²) < 4.78 is 5.74. The molecule has 172 valence electrons. The lowest BCUT2D eigenvalue weighted by Crippen LogP contribution is -2.38. The SMILES string of the molecule is O=C(CCC(=O)N1c2ccccc2NC2=C(C(=O)CCC2)[C@@H]1c1ccco1)Nc1ccccc1. The number of carbonyl (C=O) groups excluding carboxylic acids is 3. The van der Waals surface area contributed by atoms with Crippen LogP contribution in [-0.4, -0.2) is 17.6 Å². The molecule has 0 spiro atoms. The molecule has 0 saturated carbocycles. The molecule has 7 heteroatoms. The summed E-state index contributed by atoms with van der Waals surface area (Å²) in [5.41, 5.74) is 3.46. The van der Waals surface area contributed by atoms with Crippen molar-refractivity contribution in [3.63, 3.8) is 0 Å². The quantitative estimate of drug-likeness (QED) is 0.551. The lowest BCUT2D eigenvalue weighted by atomic mass is 9.88. The Bertz CT molecular complexity index is 1250. The first-order valence-electron chi connectivity index (χ1n) is 11.4. The molecule has 0 unspecified atom stereocenters. The van der Waals surface area contributed by atoms with E-state index in [2.05, 4.69) is 10.6 Å². The van der Waals surface area contributed by atoms with Crippen molar-refractivity contribution >= 4 is 34.7 Å². The fourth-order valence-electron chi connectivity index (χ4n) is 4.61. The summed E-state index contributed by atoms with van der Waals surface area (Å²) in [6, 6.07) is 19.5. The van der Waals surface area contributed by atoms with Crippen LogP contribution in [0.3, 0.4) is 0 Å². The third-order valence-corrected chi connectivity index (χ3v) is 6.14. The van der Waals surface area contributed by atoms with Gasteiger partial charge in [-0.1, -0.05) is 30.3 Å². The number of fused-ring (bicyclic) bond motifs is 1. The summed E-state index contributed by atoms with van der Waals surface area (Å²) in [6.45, 7) is 0. The first-order valence-corrected chi connectivity index (χ1v) is 11.4. The van der Waals surface area contributed by atoms with Crippen molar-refractivity contribution in [1.82, 2.24) is 0 Å². The Kier molecular flexibility index (Phi) is 5.99. The van der Waals surface area contributed by atoms with Gasteiger partial charge in [0.15, 0.2) is 5.78 Å². The molecule has 1 aliphatic heterocycles. The molecular weight excluding hydrogens is 430 g/mol. The number of nitrogens with zero attached hydrogens (tertiary/aromatic N) is 1. The molecule has 3 aromatic rings. The number of furan rings is 1. The Labute approximate surface area is 197 Å². The van der Waals surface area contributed by atoms with Gasteiger partial charge in [-0.2, -0.15) is 0 Å². The normalized spacial score (nSPS) is 17.4. The number of rotatable bonds is 5. The molecule has 2 aromatic carbocycles. The number of hydrogen-bond donors (Lipinski definition) is 2. The second kappa shape index (κ2) is 9.39. The highest BCUT2D eigenvalue weighted by Gasteiger charge is 2.40. The number of hydrogen-bond acceptors (Lipinski definition) is 5. The smallest absolute Gasteiger partial charge is 0.228 e. The third kappa shape index (κ3) is 4.24. The van der Waals surface area contributed by atoms with E-state index >= 15 is 0 Å². The second-order valence-electron chi connectivity index (χ2n) is 8.41. The van der Waals surface area contributed by atoms with Gasteiger partial charge in [0.2, 0.25) is 11.8 Å². The summed E-state index contributed by atoms with van der Waals surface area (Å²) in [6.07, 6.45) is 3.45. The van der Waals surface area contributed by atoms with E-state index in [1.165, 1.54) is 0 Å². The van der Waals surface area contributed by atoms with Gasteiger partial charge in [0.25, 0.3) is 0 Å². The molecule has 2 N–H and O–H groups in total. The van der Waals surface area contributed by atoms with Gasteiger partial charge in [-0.15, -0.1) is 0 Å². The number of Topliss-reactive ketones (excluding diaryl/α,β-unsaturated/α-hetero) is 1. The minimum Gasteiger partial charge on any atom is -0.467 e. The van der Waals surface area contributed by atoms with E-state index in [4.69, 9.17) is 4.42 Å². The number of ketones is 1.